The van der Waals surface area contributed by atoms with Crippen LogP contribution in [0.4, 0.5) is 0 Å². The van der Waals surface area contributed by atoms with Crippen LogP contribution in [-0.4, -0.2) is 70.8 Å². The average Bonchev–Trinajstić information content (AvgIpc) is 3.29. The lowest BCUT2D eigenvalue weighted by Gasteiger charge is -2.34. The number of carbonyl (C=O) groups is 2. The van der Waals surface area contributed by atoms with E-state index in [4.69, 9.17) is 0 Å². The zero-order valence-corrected chi connectivity index (χ0v) is 16.1. The molecule has 1 aromatic carbocycles. The molecule has 2 saturated heterocycles. The van der Waals surface area contributed by atoms with Crippen LogP contribution in [0, 0.1) is 0 Å². The summed E-state index contributed by atoms with van der Waals surface area (Å²) in [5, 5.41) is 0. The van der Waals surface area contributed by atoms with Crippen molar-refractivity contribution in [1.29, 1.82) is 0 Å². The van der Waals surface area contributed by atoms with Gasteiger partial charge in [-0.3, -0.25) is 19.5 Å². The highest BCUT2D eigenvalue weighted by atomic mass is 16.2. The molecule has 28 heavy (non-hydrogen) atoms. The van der Waals surface area contributed by atoms with Crippen molar-refractivity contribution in [2.24, 2.45) is 0 Å². The first kappa shape index (κ1) is 18.6. The van der Waals surface area contributed by atoms with Crippen molar-refractivity contribution in [2.75, 3.05) is 39.3 Å². The van der Waals surface area contributed by atoms with Gasteiger partial charge in [-0.15, -0.1) is 0 Å². The van der Waals surface area contributed by atoms with Crippen molar-refractivity contribution < 1.29 is 9.59 Å². The lowest BCUT2D eigenvalue weighted by molar-refractivity contribution is 0.0628. The molecule has 2 aromatic rings. The first-order chi connectivity index (χ1) is 13.7. The van der Waals surface area contributed by atoms with Crippen LogP contribution in [0.15, 0.2) is 48.8 Å². The number of rotatable bonds is 4. The monoisotopic (exact) mass is 378 g/mol. The van der Waals surface area contributed by atoms with Gasteiger partial charge in [0.15, 0.2) is 0 Å². The van der Waals surface area contributed by atoms with Gasteiger partial charge < -0.3 is 9.80 Å². The van der Waals surface area contributed by atoms with E-state index in [2.05, 4.69) is 34.1 Å². The van der Waals surface area contributed by atoms with Crippen LogP contribution in [0.2, 0.25) is 0 Å². The number of hydrogen-bond acceptors (Lipinski definition) is 4. The van der Waals surface area contributed by atoms with E-state index in [-0.39, 0.29) is 11.8 Å². The summed E-state index contributed by atoms with van der Waals surface area (Å²) in [6.07, 6.45) is 5.23. The number of carbonyl (C=O) groups excluding carboxylic acids is 2. The second-order valence-electron chi connectivity index (χ2n) is 7.52. The van der Waals surface area contributed by atoms with E-state index < -0.39 is 0 Å². The third kappa shape index (κ3) is 4.22. The molecule has 0 atom stereocenters. The van der Waals surface area contributed by atoms with Gasteiger partial charge in [0.05, 0.1) is 11.1 Å². The largest absolute Gasteiger partial charge is 0.339 e. The number of piperazine rings is 1. The smallest absolute Gasteiger partial charge is 0.255 e. The lowest BCUT2D eigenvalue weighted by atomic mass is 10.1. The molecule has 4 rings (SSSR count). The van der Waals surface area contributed by atoms with E-state index in [1.165, 1.54) is 5.56 Å². The molecule has 0 unspecified atom stereocenters. The maximum absolute atomic E-state index is 12.9. The molecule has 6 nitrogen and oxygen atoms in total. The first-order valence-corrected chi connectivity index (χ1v) is 10.0. The molecule has 0 aliphatic carbocycles. The number of amides is 2. The summed E-state index contributed by atoms with van der Waals surface area (Å²) in [6, 6.07) is 12.1. The molecule has 2 fully saturated rings. The van der Waals surface area contributed by atoms with Gasteiger partial charge in [-0.1, -0.05) is 30.3 Å². The second-order valence-corrected chi connectivity index (χ2v) is 7.52. The average molecular weight is 378 g/mol. The fourth-order valence-corrected chi connectivity index (χ4v) is 3.91. The molecule has 1 aromatic heterocycles. The third-order valence-corrected chi connectivity index (χ3v) is 5.53. The van der Waals surface area contributed by atoms with E-state index in [0.29, 0.717) is 24.2 Å². The van der Waals surface area contributed by atoms with Crippen LogP contribution in [-0.2, 0) is 6.54 Å². The van der Waals surface area contributed by atoms with Gasteiger partial charge >= 0.3 is 0 Å². The van der Waals surface area contributed by atoms with Crippen molar-refractivity contribution >= 4 is 11.8 Å². The summed E-state index contributed by atoms with van der Waals surface area (Å²) in [4.78, 5) is 35.7. The van der Waals surface area contributed by atoms with Gasteiger partial charge in [-0.2, -0.15) is 0 Å². The zero-order chi connectivity index (χ0) is 19.3. The molecule has 146 valence electrons. The van der Waals surface area contributed by atoms with Crippen molar-refractivity contribution in [3.05, 3.63) is 65.5 Å². The molecule has 2 aliphatic heterocycles. The number of aromatic nitrogens is 1. The highest BCUT2D eigenvalue weighted by Crippen LogP contribution is 2.15. The molecule has 0 saturated carbocycles. The molecule has 2 aliphatic rings. The second kappa shape index (κ2) is 8.52. The van der Waals surface area contributed by atoms with E-state index >= 15 is 0 Å². The summed E-state index contributed by atoms with van der Waals surface area (Å²) in [5.74, 6) is -0.0599. The maximum Gasteiger partial charge on any atom is 0.255 e. The van der Waals surface area contributed by atoms with Gasteiger partial charge in [-0.05, 0) is 24.5 Å². The molecule has 6 heteroatoms. The third-order valence-electron chi connectivity index (χ3n) is 5.53. The van der Waals surface area contributed by atoms with Crippen LogP contribution in [0.25, 0.3) is 0 Å². The SMILES string of the molecule is O=C(c1cncc(C(=O)N2CCN(Cc3ccccc3)CC2)c1)N1CCCC1. The first-order valence-electron chi connectivity index (χ1n) is 10.0. The number of hydrogen-bond donors (Lipinski definition) is 0. The molecule has 2 amide bonds. The minimum atomic E-state index is -0.0390. The molecule has 0 bridgehead atoms. The molecule has 3 heterocycles. The number of benzene rings is 1. The Bertz CT molecular complexity index is 825. The van der Waals surface area contributed by atoms with E-state index in [9.17, 15) is 9.59 Å². The van der Waals surface area contributed by atoms with Gasteiger partial charge in [0.2, 0.25) is 0 Å². The number of likely N-dealkylation sites (tertiary alicyclic amines) is 1. The van der Waals surface area contributed by atoms with E-state index in [0.717, 1.165) is 45.6 Å². The van der Waals surface area contributed by atoms with Crippen LogP contribution in [0.3, 0.4) is 0 Å². The van der Waals surface area contributed by atoms with Gasteiger partial charge in [0.25, 0.3) is 11.8 Å². The summed E-state index contributed by atoms with van der Waals surface area (Å²) in [5.41, 5.74) is 2.30. The molecular formula is C22H26N4O2. The Morgan fingerprint density at radius 3 is 1.96 bits per heavy atom. The molecule has 0 spiro atoms. The van der Waals surface area contributed by atoms with Crippen molar-refractivity contribution in [2.45, 2.75) is 19.4 Å². The summed E-state index contributed by atoms with van der Waals surface area (Å²) >= 11 is 0. The van der Waals surface area contributed by atoms with Crippen molar-refractivity contribution in [3.63, 3.8) is 0 Å². The van der Waals surface area contributed by atoms with Crippen LogP contribution >= 0.6 is 0 Å². The zero-order valence-electron chi connectivity index (χ0n) is 16.1. The standard InChI is InChI=1S/C22H26N4O2/c27-21(25-8-4-5-9-25)19-14-20(16-23-15-19)22(28)26-12-10-24(11-13-26)17-18-6-2-1-3-7-18/h1-3,6-7,14-16H,4-5,8-13,17H2. The Morgan fingerprint density at radius 1 is 0.786 bits per heavy atom. The summed E-state index contributed by atoms with van der Waals surface area (Å²) in [7, 11) is 0. The van der Waals surface area contributed by atoms with E-state index in [1.54, 1.807) is 18.5 Å². The van der Waals surface area contributed by atoms with Gasteiger partial charge in [0, 0.05) is 58.2 Å². The topological polar surface area (TPSA) is 56.8 Å². The highest BCUT2D eigenvalue weighted by molar-refractivity contribution is 5.99. The van der Waals surface area contributed by atoms with Crippen LogP contribution in [0.1, 0.15) is 39.1 Å². The van der Waals surface area contributed by atoms with Crippen molar-refractivity contribution in [3.8, 4) is 0 Å². The number of pyridine rings is 1. The Hall–Kier alpha value is -2.73. The maximum atomic E-state index is 12.9. The normalized spacial score (nSPS) is 17.7. The van der Waals surface area contributed by atoms with Crippen LogP contribution < -0.4 is 0 Å². The molecular weight excluding hydrogens is 352 g/mol. The fraction of sp³-hybridized carbons (Fsp3) is 0.409. The van der Waals surface area contributed by atoms with Crippen LogP contribution in [0.5, 0.6) is 0 Å². The summed E-state index contributed by atoms with van der Waals surface area (Å²) in [6.45, 7) is 5.57. The van der Waals surface area contributed by atoms with Crippen molar-refractivity contribution in [1.82, 2.24) is 19.7 Å². The Labute approximate surface area is 165 Å². The van der Waals surface area contributed by atoms with Gasteiger partial charge in [-0.25, -0.2) is 0 Å². The Balaban J connectivity index is 1.36. The Kier molecular flexibility index (Phi) is 5.67. The predicted octanol–water partition coefficient (Wildman–Crippen LogP) is 2.28. The highest BCUT2D eigenvalue weighted by Gasteiger charge is 2.24. The van der Waals surface area contributed by atoms with Gasteiger partial charge in [0.1, 0.15) is 0 Å². The fourth-order valence-electron chi connectivity index (χ4n) is 3.91. The molecule has 0 N–H and O–H groups in total. The lowest BCUT2D eigenvalue weighted by Crippen LogP contribution is -2.48. The Morgan fingerprint density at radius 2 is 1.36 bits per heavy atom. The quantitative estimate of drug-likeness (QED) is 0.819. The number of nitrogens with zero attached hydrogens (tertiary/aromatic N) is 4. The minimum absolute atomic E-state index is 0.0210. The minimum Gasteiger partial charge on any atom is -0.339 e. The summed E-state index contributed by atoms with van der Waals surface area (Å²) < 4.78 is 0. The van der Waals surface area contributed by atoms with E-state index in [1.807, 2.05) is 15.9 Å². The predicted molar refractivity (Wildman–Crippen MR) is 107 cm³/mol. The molecule has 0 radical (unpaired) electrons.